The molecule has 0 radical (unpaired) electrons. The van der Waals surface area contributed by atoms with Crippen LogP contribution in [0.2, 0.25) is 10.0 Å². The highest BCUT2D eigenvalue weighted by molar-refractivity contribution is 6.35. The lowest BCUT2D eigenvalue weighted by Crippen LogP contribution is -2.32. The number of nitrogens with one attached hydrogen (secondary N) is 4. The number of amides is 4. The first-order valence-electron chi connectivity index (χ1n) is 21.6. The number of nitrogens with zero attached hydrogens (tertiary/aromatic N) is 4. The number of hydrogen-bond donors (Lipinski definition) is 4. The molecule has 0 aromatic heterocycles. The van der Waals surface area contributed by atoms with E-state index in [1.54, 1.807) is 24.3 Å². The van der Waals surface area contributed by atoms with E-state index < -0.39 is 47.3 Å². The number of hydrogen-bond acceptors (Lipinski definition) is 12. The molecule has 2 unspecified atom stereocenters. The average molecular weight is 1050 g/mol. The van der Waals surface area contributed by atoms with E-state index in [9.17, 15) is 28.8 Å². The van der Waals surface area contributed by atoms with Crippen molar-refractivity contribution in [3.05, 3.63) is 129 Å². The van der Waals surface area contributed by atoms with E-state index >= 15 is 0 Å². The van der Waals surface area contributed by atoms with Gasteiger partial charge in [0, 0.05) is 52.5 Å². The summed E-state index contributed by atoms with van der Waals surface area (Å²) in [5, 5.41) is 27.2. The lowest BCUT2D eigenvalue weighted by molar-refractivity contribution is -0.127. The molecular formula is C49H47Cl5N8O8. The summed E-state index contributed by atoms with van der Waals surface area (Å²) in [6.45, 7) is 6.84. The molecule has 0 aliphatic carbocycles. The van der Waals surface area contributed by atoms with Gasteiger partial charge in [-0.1, -0.05) is 23.2 Å². The van der Waals surface area contributed by atoms with Crippen LogP contribution in [0.1, 0.15) is 65.1 Å². The minimum atomic E-state index is -1.61. The first-order valence-corrected chi connectivity index (χ1v) is 23.9. The highest BCUT2D eigenvalue weighted by atomic mass is 35.5. The number of ether oxygens (including phenoxy) is 2. The Morgan fingerprint density at radius 3 is 1.41 bits per heavy atom. The van der Waals surface area contributed by atoms with E-state index in [0.717, 1.165) is 25.0 Å². The molecule has 0 saturated carbocycles. The molecule has 21 heteroatoms. The van der Waals surface area contributed by atoms with Gasteiger partial charge in [-0.05, 0) is 136 Å². The van der Waals surface area contributed by atoms with Gasteiger partial charge >= 0.3 is 0 Å². The highest BCUT2D eigenvalue weighted by Gasteiger charge is 2.26. The standard InChI is InChI=1S/C49H47Cl5N8O8/c1-5-69-37-19-29(13-15-50)17-35(22-37)56-46(65)39-24-33(7-10-41(39)53)59-61-44(27(3)63)48(67)55-32-9-12-43(31(21-32)26-52)58-49(68)45(28(4)64)62-60-34-8-11-42(54)40(25-34)47(66)57-36-18-30(14-16-51)20-38(23-36)70-6-2/h7-12,17-25,44-45H,5-6,13-16,26H2,1-4H3,(H,55,67)(H,56,65)(H,57,66)(H,58,68). The van der Waals surface area contributed by atoms with Gasteiger partial charge in [0.1, 0.15) is 11.5 Å². The predicted molar refractivity (Wildman–Crippen MR) is 274 cm³/mol. The molecule has 2 atom stereocenters. The molecule has 4 amide bonds. The summed E-state index contributed by atoms with van der Waals surface area (Å²) in [6.07, 6.45) is 1.10. The van der Waals surface area contributed by atoms with Crippen molar-refractivity contribution in [2.75, 3.05) is 46.2 Å². The molecule has 0 aliphatic heterocycles. The number of benzene rings is 5. The van der Waals surface area contributed by atoms with Gasteiger partial charge in [0.2, 0.25) is 12.1 Å². The fourth-order valence-electron chi connectivity index (χ4n) is 6.57. The van der Waals surface area contributed by atoms with Crippen LogP contribution in [0.3, 0.4) is 0 Å². The maximum absolute atomic E-state index is 13.5. The molecule has 5 rings (SSSR count). The molecule has 0 heterocycles. The van der Waals surface area contributed by atoms with Crippen LogP contribution in [-0.2, 0) is 37.9 Å². The quantitative estimate of drug-likeness (QED) is 0.0279. The molecule has 0 aliphatic rings. The Morgan fingerprint density at radius 1 is 0.543 bits per heavy atom. The smallest absolute Gasteiger partial charge is 0.258 e. The molecule has 366 valence electrons. The van der Waals surface area contributed by atoms with Crippen molar-refractivity contribution in [1.82, 2.24) is 0 Å². The van der Waals surface area contributed by atoms with Crippen molar-refractivity contribution < 1.29 is 38.2 Å². The molecule has 0 fully saturated rings. The molecule has 0 saturated heterocycles. The number of ketones is 2. The van der Waals surface area contributed by atoms with Crippen LogP contribution in [0.15, 0.2) is 111 Å². The van der Waals surface area contributed by atoms with Crippen LogP contribution in [0.4, 0.5) is 34.1 Å². The van der Waals surface area contributed by atoms with Crippen molar-refractivity contribution in [3.8, 4) is 11.5 Å². The summed E-state index contributed by atoms with van der Waals surface area (Å²) in [6, 6.07) is 20.2. The molecule has 5 aromatic carbocycles. The number of azo groups is 2. The Bertz CT molecular complexity index is 2780. The molecule has 16 nitrogen and oxygen atoms in total. The lowest BCUT2D eigenvalue weighted by atomic mass is 10.1. The van der Waals surface area contributed by atoms with E-state index in [-0.39, 0.29) is 49.8 Å². The number of rotatable bonds is 23. The number of carbonyl (C=O) groups excluding carboxylic acids is 6. The third-order valence-corrected chi connectivity index (χ3v) is 11.2. The van der Waals surface area contributed by atoms with Gasteiger partial charge in [0.15, 0.2) is 11.6 Å². The normalized spacial score (nSPS) is 12.0. The van der Waals surface area contributed by atoms with Crippen LogP contribution >= 0.6 is 58.0 Å². The summed E-state index contributed by atoms with van der Waals surface area (Å²) in [4.78, 5) is 78.9. The second-order valence-corrected chi connectivity index (χ2v) is 17.0. The molecule has 0 bridgehead atoms. The van der Waals surface area contributed by atoms with Crippen LogP contribution < -0.4 is 30.7 Å². The topological polar surface area (TPSA) is 218 Å². The number of anilines is 4. The summed E-state index contributed by atoms with van der Waals surface area (Å²) < 4.78 is 11.3. The zero-order valence-electron chi connectivity index (χ0n) is 38.2. The number of halogens is 5. The van der Waals surface area contributed by atoms with Gasteiger partial charge in [-0.15, -0.1) is 34.8 Å². The van der Waals surface area contributed by atoms with Gasteiger partial charge in [0.25, 0.3) is 23.6 Å². The Morgan fingerprint density at radius 2 is 1.00 bits per heavy atom. The lowest BCUT2D eigenvalue weighted by Gasteiger charge is -2.15. The summed E-state index contributed by atoms with van der Waals surface area (Å²) in [7, 11) is 0. The number of aryl methyl sites for hydroxylation is 2. The minimum absolute atomic E-state index is 0.0511. The minimum Gasteiger partial charge on any atom is -0.494 e. The van der Waals surface area contributed by atoms with Crippen LogP contribution in [0, 0.1) is 0 Å². The van der Waals surface area contributed by atoms with E-state index in [2.05, 4.69) is 41.7 Å². The van der Waals surface area contributed by atoms with E-state index in [0.29, 0.717) is 66.3 Å². The van der Waals surface area contributed by atoms with E-state index in [1.807, 2.05) is 26.0 Å². The molecule has 0 spiro atoms. The third-order valence-electron chi connectivity index (χ3n) is 9.84. The zero-order chi connectivity index (χ0) is 50.9. The van der Waals surface area contributed by atoms with Crippen molar-refractivity contribution in [3.63, 3.8) is 0 Å². The number of alkyl halides is 3. The summed E-state index contributed by atoms with van der Waals surface area (Å²) in [5.74, 6) is -2.39. The maximum atomic E-state index is 13.5. The Labute approximate surface area is 428 Å². The largest absolute Gasteiger partial charge is 0.494 e. The summed E-state index contributed by atoms with van der Waals surface area (Å²) in [5.41, 5.74) is 3.69. The van der Waals surface area contributed by atoms with Gasteiger partial charge < -0.3 is 30.7 Å². The van der Waals surface area contributed by atoms with Gasteiger partial charge in [0.05, 0.1) is 45.8 Å². The Kier molecular flexibility index (Phi) is 20.7. The van der Waals surface area contributed by atoms with Crippen molar-refractivity contribution in [2.45, 2.75) is 58.5 Å². The van der Waals surface area contributed by atoms with Crippen LogP contribution in [0.25, 0.3) is 0 Å². The van der Waals surface area contributed by atoms with Crippen molar-refractivity contribution in [2.24, 2.45) is 20.5 Å². The molecule has 5 aromatic rings. The highest BCUT2D eigenvalue weighted by Crippen LogP contribution is 2.30. The number of Topliss-reactive ketones (excluding diaryl/α,β-unsaturated/α-hetero) is 2. The fourth-order valence-corrected chi connectivity index (χ4v) is 7.63. The average Bonchev–Trinajstić information content (AvgIpc) is 3.30. The third kappa shape index (κ3) is 15.5. The van der Waals surface area contributed by atoms with Gasteiger partial charge in [-0.3, -0.25) is 28.8 Å². The first kappa shape index (κ1) is 54.5. The van der Waals surface area contributed by atoms with E-state index in [1.165, 1.54) is 54.6 Å². The zero-order valence-corrected chi connectivity index (χ0v) is 42.0. The van der Waals surface area contributed by atoms with Gasteiger partial charge in [-0.2, -0.15) is 20.5 Å². The molecular weight excluding hydrogens is 1010 g/mol. The first-order chi connectivity index (χ1) is 33.5. The second-order valence-electron chi connectivity index (χ2n) is 15.2. The second kappa shape index (κ2) is 26.5. The molecule has 70 heavy (non-hydrogen) atoms. The molecule has 4 N–H and O–H groups in total. The van der Waals surface area contributed by atoms with E-state index in [4.69, 9.17) is 67.5 Å². The van der Waals surface area contributed by atoms with Crippen LogP contribution in [-0.4, -0.2) is 72.3 Å². The van der Waals surface area contributed by atoms with Crippen LogP contribution in [0.5, 0.6) is 11.5 Å². The number of carbonyl (C=O) groups is 6. The monoisotopic (exact) mass is 1050 g/mol. The predicted octanol–water partition coefficient (Wildman–Crippen LogP) is 12.0. The SMILES string of the molecule is CCOc1cc(CCCl)cc(NC(=O)c2cc(N=NC(C(C)=O)C(=O)Nc3ccc(NC(=O)C(N=Nc4ccc(Cl)c(C(=O)Nc5cc(CCCl)cc(OCC)c5)c4)C(C)=O)c(CCl)c3)ccc2Cl)c1. The summed E-state index contributed by atoms with van der Waals surface area (Å²) >= 11 is 30.9. The maximum Gasteiger partial charge on any atom is 0.258 e. The van der Waals surface area contributed by atoms with Crippen molar-refractivity contribution >= 4 is 127 Å². The Hall–Kier alpha value is -6.43. The fraction of sp³-hybridized carbons (Fsp3) is 0.265. The Balaban J connectivity index is 1.25. The van der Waals surface area contributed by atoms with Crippen molar-refractivity contribution in [1.29, 1.82) is 0 Å². The van der Waals surface area contributed by atoms with Gasteiger partial charge in [-0.25, -0.2) is 0 Å².